The van der Waals surface area contributed by atoms with Crippen LogP contribution in [-0.4, -0.2) is 44.0 Å². The zero-order valence-corrected chi connectivity index (χ0v) is 15.2. The van der Waals surface area contributed by atoms with Gasteiger partial charge in [-0.2, -0.15) is 0 Å². The summed E-state index contributed by atoms with van der Waals surface area (Å²) in [5.41, 5.74) is 2.03. The van der Waals surface area contributed by atoms with E-state index in [0.717, 1.165) is 10.9 Å². The molecule has 27 heavy (non-hydrogen) atoms. The average molecular weight is 369 g/mol. The highest BCUT2D eigenvalue weighted by Crippen LogP contribution is 2.37. The Morgan fingerprint density at radius 1 is 0.963 bits per heavy atom. The molecule has 3 rings (SSSR count). The molecule has 140 valence electrons. The number of carbonyl (C=O) groups is 1. The summed E-state index contributed by atoms with van der Waals surface area (Å²) in [6.07, 6.45) is 0. The number of hydrogen-bond donors (Lipinski definition) is 1. The molecule has 0 spiro atoms. The van der Waals surface area contributed by atoms with Crippen LogP contribution in [0.25, 0.3) is 22.0 Å². The third-order valence-corrected chi connectivity index (χ3v) is 4.02. The Balaban J connectivity index is 2.20. The molecule has 0 radical (unpaired) electrons. The third-order valence-electron chi connectivity index (χ3n) is 4.02. The van der Waals surface area contributed by atoms with E-state index in [1.165, 1.54) is 0 Å². The van der Waals surface area contributed by atoms with Gasteiger partial charge in [0.15, 0.2) is 6.61 Å². The number of pyridine rings is 1. The summed E-state index contributed by atoms with van der Waals surface area (Å²) in [7, 11) is 4.70. The van der Waals surface area contributed by atoms with Crippen molar-refractivity contribution in [2.75, 3.05) is 27.9 Å². The molecule has 7 nitrogen and oxygen atoms in total. The van der Waals surface area contributed by atoms with Crippen LogP contribution in [-0.2, 0) is 4.79 Å². The van der Waals surface area contributed by atoms with Crippen molar-refractivity contribution in [1.29, 1.82) is 0 Å². The summed E-state index contributed by atoms with van der Waals surface area (Å²) in [6.45, 7) is -0.497. The minimum absolute atomic E-state index is 0.213. The standard InChI is InChI=1S/C20H19NO6/c1-24-13-6-4-12(5-7-13)15-10-16-17(21-20(15)27-11-19(22)23)8-14(25-2)9-18(16)26-3/h4-10H,11H2,1-3H3,(H,22,23). The Labute approximate surface area is 156 Å². The zero-order chi connectivity index (χ0) is 19.4. The molecule has 1 aromatic heterocycles. The van der Waals surface area contributed by atoms with Crippen molar-refractivity contribution >= 4 is 16.9 Å². The quantitative estimate of drug-likeness (QED) is 0.683. The number of carboxylic acids is 1. The lowest BCUT2D eigenvalue weighted by molar-refractivity contribution is -0.139. The molecule has 0 fully saturated rings. The maximum absolute atomic E-state index is 11.0. The van der Waals surface area contributed by atoms with Gasteiger partial charge in [-0.1, -0.05) is 12.1 Å². The second-order valence-corrected chi connectivity index (χ2v) is 5.65. The summed E-state index contributed by atoms with van der Waals surface area (Å²) in [5, 5.41) is 9.73. The van der Waals surface area contributed by atoms with Crippen LogP contribution in [0.1, 0.15) is 0 Å². The van der Waals surface area contributed by atoms with Crippen LogP contribution in [0.4, 0.5) is 0 Å². The fourth-order valence-electron chi connectivity index (χ4n) is 2.70. The lowest BCUT2D eigenvalue weighted by atomic mass is 10.0. The molecule has 0 unspecified atom stereocenters. The monoisotopic (exact) mass is 369 g/mol. The maximum atomic E-state index is 11.0. The van der Waals surface area contributed by atoms with Crippen molar-refractivity contribution in [2.24, 2.45) is 0 Å². The van der Waals surface area contributed by atoms with Gasteiger partial charge in [0.1, 0.15) is 17.2 Å². The Kier molecular flexibility index (Phi) is 5.30. The molecular formula is C20H19NO6. The summed E-state index contributed by atoms with van der Waals surface area (Å²) in [6, 6.07) is 12.7. The van der Waals surface area contributed by atoms with Gasteiger partial charge in [-0.25, -0.2) is 9.78 Å². The van der Waals surface area contributed by atoms with Crippen LogP contribution in [0.2, 0.25) is 0 Å². The molecule has 0 aliphatic heterocycles. The minimum Gasteiger partial charge on any atom is -0.497 e. The number of rotatable bonds is 7. The molecular weight excluding hydrogens is 350 g/mol. The second-order valence-electron chi connectivity index (χ2n) is 5.65. The van der Waals surface area contributed by atoms with E-state index in [9.17, 15) is 4.79 Å². The van der Waals surface area contributed by atoms with Gasteiger partial charge in [-0.15, -0.1) is 0 Å². The van der Waals surface area contributed by atoms with Gasteiger partial charge >= 0.3 is 5.97 Å². The van der Waals surface area contributed by atoms with Gasteiger partial charge in [0, 0.05) is 23.1 Å². The minimum atomic E-state index is -1.08. The first-order valence-corrected chi connectivity index (χ1v) is 8.11. The van der Waals surface area contributed by atoms with E-state index in [2.05, 4.69) is 4.98 Å². The van der Waals surface area contributed by atoms with E-state index in [-0.39, 0.29) is 5.88 Å². The highest BCUT2D eigenvalue weighted by atomic mass is 16.5. The van der Waals surface area contributed by atoms with Crippen LogP contribution in [0, 0.1) is 0 Å². The van der Waals surface area contributed by atoms with Gasteiger partial charge in [-0.3, -0.25) is 0 Å². The van der Waals surface area contributed by atoms with Gasteiger partial charge in [0.2, 0.25) is 5.88 Å². The van der Waals surface area contributed by atoms with Crippen molar-refractivity contribution in [1.82, 2.24) is 4.98 Å². The molecule has 2 aromatic carbocycles. The fourth-order valence-corrected chi connectivity index (χ4v) is 2.70. The molecule has 0 atom stereocenters. The summed E-state index contributed by atoms with van der Waals surface area (Å²) >= 11 is 0. The van der Waals surface area contributed by atoms with Gasteiger partial charge in [0.05, 0.1) is 26.8 Å². The molecule has 1 heterocycles. The molecule has 0 aliphatic rings. The van der Waals surface area contributed by atoms with Crippen molar-refractivity contribution in [3.63, 3.8) is 0 Å². The fraction of sp³-hybridized carbons (Fsp3) is 0.200. The summed E-state index contributed by atoms with van der Waals surface area (Å²) in [5.74, 6) is 1.01. The van der Waals surface area contributed by atoms with E-state index in [1.54, 1.807) is 33.5 Å². The van der Waals surface area contributed by atoms with Gasteiger partial charge in [0.25, 0.3) is 0 Å². The first-order valence-electron chi connectivity index (χ1n) is 8.11. The van der Waals surface area contributed by atoms with Crippen molar-refractivity contribution < 1.29 is 28.8 Å². The number of carboxylic acid groups (broad SMARTS) is 1. The van der Waals surface area contributed by atoms with Gasteiger partial charge < -0.3 is 24.1 Å². The highest BCUT2D eigenvalue weighted by Gasteiger charge is 2.16. The normalized spacial score (nSPS) is 10.5. The number of hydrogen-bond acceptors (Lipinski definition) is 6. The molecule has 0 saturated heterocycles. The number of ether oxygens (including phenoxy) is 4. The number of methoxy groups -OCH3 is 3. The average Bonchev–Trinajstić information content (AvgIpc) is 2.70. The predicted octanol–water partition coefficient (Wildman–Crippen LogP) is 3.39. The first kappa shape index (κ1) is 18.3. The predicted molar refractivity (Wildman–Crippen MR) is 100.0 cm³/mol. The topological polar surface area (TPSA) is 87.1 Å². The smallest absolute Gasteiger partial charge is 0.341 e. The van der Waals surface area contributed by atoms with E-state index in [0.29, 0.717) is 28.3 Å². The van der Waals surface area contributed by atoms with Crippen LogP contribution in [0.5, 0.6) is 23.1 Å². The molecule has 0 aliphatic carbocycles. The number of aromatic nitrogens is 1. The third kappa shape index (κ3) is 3.87. The Morgan fingerprint density at radius 2 is 1.67 bits per heavy atom. The molecule has 0 amide bonds. The SMILES string of the molecule is COc1ccc(-c2cc3c(OC)cc(OC)cc3nc2OCC(=O)O)cc1. The van der Waals surface area contributed by atoms with Crippen molar-refractivity contribution in [3.8, 4) is 34.3 Å². The van der Waals surface area contributed by atoms with E-state index in [4.69, 9.17) is 24.1 Å². The molecule has 7 heteroatoms. The Hall–Kier alpha value is -3.48. The lowest BCUT2D eigenvalue weighted by Gasteiger charge is -2.14. The summed E-state index contributed by atoms with van der Waals surface area (Å²) < 4.78 is 21.4. The molecule has 1 N–H and O–H groups in total. The van der Waals surface area contributed by atoms with Crippen LogP contribution in [0.3, 0.4) is 0 Å². The lowest BCUT2D eigenvalue weighted by Crippen LogP contribution is -2.11. The molecule has 3 aromatic rings. The van der Waals surface area contributed by atoms with Crippen LogP contribution >= 0.6 is 0 Å². The van der Waals surface area contributed by atoms with Crippen LogP contribution < -0.4 is 18.9 Å². The number of aliphatic carboxylic acids is 1. The molecule has 0 saturated carbocycles. The zero-order valence-electron chi connectivity index (χ0n) is 15.2. The van der Waals surface area contributed by atoms with E-state index >= 15 is 0 Å². The van der Waals surface area contributed by atoms with Crippen molar-refractivity contribution in [3.05, 3.63) is 42.5 Å². The summed E-state index contributed by atoms with van der Waals surface area (Å²) in [4.78, 5) is 15.5. The first-order chi connectivity index (χ1) is 13.0. The molecule has 0 bridgehead atoms. The second kappa shape index (κ2) is 7.82. The van der Waals surface area contributed by atoms with E-state index in [1.807, 2.05) is 30.3 Å². The highest BCUT2D eigenvalue weighted by molar-refractivity contribution is 5.92. The van der Waals surface area contributed by atoms with Crippen molar-refractivity contribution in [2.45, 2.75) is 0 Å². The van der Waals surface area contributed by atoms with E-state index < -0.39 is 12.6 Å². The number of fused-ring (bicyclic) bond motifs is 1. The Bertz CT molecular complexity index is 968. The number of nitrogens with zero attached hydrogens (tertiary/aromatic N) is 1. The van der Waals surface area contributed by atoms with Crippen LogP contribution in [0.15, 0.2) is 42.5 Å². The van der Waals surface area contributed by atoms with Gasteiger partial charge in [-0.05, 0) is 23.8 Å². The maximum Gasteiger partial charge on any atom is 0.341 e. The largest absolute Gasteiger partial charge is 0.497 e. The Morgan fingerprint density at radius 3 is 2.26 bits per heavy atom. The number of benzene rings is 2.